The molecule has 0 unspecified atom stereocenters. The van der Waals surface area contributed by atoms with Gasteiger partial charge in [0.1, 0.15) is 16.4 Å². The predicted molar refractivity (Wildman–Crippen MR) is 151 cm³/mol. The number of nitrogens with zero attached hydrogens (tertiary/aromatic N) is 1. The molecule has 190 valence electrons. The zero-order chi connectivity index (χ0) is 26.6. The molecule has 7 nitrogen and oxygen atoms in total. The Morgan fingerprint density at radius 1 is 0.921 bits per heavy atom. The highest BCUT2D eigenvalue weighted by molar-refractivity contribution is 9.10. The first-order valence-electron chi connectivity index (χ1n) is 11.4. The number of thioether (sulfide) groups is 1. The highest BCUT2D eigenvalue weighted by atomic mass is 79.9. The minimum absolute atomic E-state index is 0.00990. The Morgan fingerprint density at radius 2 is 1.71 bits per heavy atom. The number of hydrogen-bond acceptors (Lipinski definition) is 6. The summed E-state index contributed by atoms with van der Waals surface area (Å²) in [7, 11) is 0. The number of nitrogens with one attached hydrogen (secondary N) is 2. The molecular formula is C28H19BrClN3O4S. The van der Waals surface area contributed by atoms with Gasteiger partial charge >= 0.3 is 0 Å². The normalized spacial score (nSPS) is 13.3. The topological polar surface area (TPSA) is 91.7 Å². The van der Waals surface area contributed by atoms with E-state index in [0.717, 1.165) is 21.1 Å². The van der Waals surface area contributed by atoms with Crippen LogP contribution in [0.1, 0.15) is 16.1 Å². The molecule has 1 aliphatic heterocycles. The molecule has 1 aromatic heterocycles. The SMILES string of the molecule is O=C(Nc1cccc(SC2=C(Nc3ccc(Br)cc3)C(=O)N(Cc3ccco3)C2=O)c1)c1cccc(Cl)c1. The maximum Gasteiger partial charge on any atom is 0.278 e. The minimum Gasteiger partial charge on any atom is -0.467 e. The molecule has 3 aromatic carbocycles. The second-order valence-corrected chi connectivity index (χ2v) is 10.6. The Morgan fingerprint density at radius 3 is 2.45 bits per heavy atom. The quantitative estimate of drug-likeness (QED) is 0.211. The highest BCUT2D eigenvalue weighted by Crippen LogP contribution is 2.37. The molecule has 0 spiro atoms. The monoisotopic (exact) mass is 607 g/mol. The Kier molecular flexibility index (Phi) is 7.69. The van der Waals surface area contributed by atoms with E-state index in [0.29, 0.717) is 32.6 Å². The highest BCUT2D eigenvalue weighted by Gasteiger charge is 2.39. The van der Waals surface area contributed by atoms with E-state index in [1.165, 1.54) is 6.26 Å². The number of hydrogen-bond donors (Lipinski definition) is 2. The summed E-state index contributed by atoms with van der Waals surface area (Å²) < 4.78 is 6.25. The van der Waals surface area contributed by atoms with Gasteiger partial charge in [0.15, 0.2) is 0 Å². The molecule has 0 radical (unpaired) electrons. The summed E-state index contributed by atoms with van der Waals surface area (Å²) in [6.07, 6.45) is 1.49. The third-order valence-electron chi connectivity index (χ3n) is 5.53. The predicted octanol–water partition coefficient (Wildman–Crippen LogP) is 6.93. The fourth-order valence-electron chi connectivity index (χ4n) is 3.73. The molecule has 0 saturated carbocycles. The number of rotatable bonds is 8. The lowest BCUT2D eigenvalue weighted by Gasteiger charge is -2.13. The molecule has 2 heterocycles. The zero-order valence-corrected chi connectivity index (χ0v) is 22.8. The summed E-state index contributed by atoms with van der Waals surface area (Å²) in [5.41, 5.74) is 1.78. The van der Waals surface area contributed by atoms with Gasteiger partial charge in [-0.2, -0.15) is 0 Å². The van der Waals surface area contributed by atoms with Crippen molar-refractivity contribution >= 4 is 68.4 Å². The molecule has 0 atom stereocenters. The standard InChI is InChI=1S/C28H19BrClN3O4S/c29-18-9-11-20(12-10-18)31-24-25(28(36)33(27(24)35)16-22-7-3-13-37-22)38-23-8-2-6-21(15-23)32-26(34)17-4-1-5-19(30)14-17/h1-15,31H,16H2,(H,32,34). The van der Waals surface area contributed by atoms with E-state index in [1.807, 2.05) is 12.1 Å². The molecule has 4 aromatic rings. The maximum atomic E-state index is 13.4. The van der Waals surface area contributed by atoms with Crippen LogP contribution in [0.25, 0.3) is 0 Å². The summed E-state index contributed by atoms with van der Waals surface area (Å²) >= 11 is 10.6. The van der Waals surface area contributed by atoms with Gasteiger partial charge in [0.25, 0.3) is 17.7 Å². The Bertz CT molecular complexity index is 1550. The lowest BCUT2D eigenvalue weighted by atomic mass is 10.2. The summed E-state index contributed by atoms with van der Waals surface area (Å²) in [6.45, 7) is 0.00990. The second kappa shape index (κ2) is 11.3. The van der Waals surface area contributed by atoms with Crippen molar-refractivity contribution in [3.8, 4) is 0 Å². The van der Waals surface area contributed by atoms with Crippen LogP contribution in [0.2, 0.25) is 5.02 Å². The molecule has 1 aliphatic rings. The number of halogens is 2. The summed E-state index contributed by atoms with van der Waals surface area (Å²) in [5.74, 6) is -0.721. The summed E-state index contributed by atoms with van der Waals surface area (Å²) in [6, 6.07) is 24.4. The maximum absolute atomic E-state index is 13.4. The third-order valence-corrected chi connectivity index (χ3v) is 7.37. The van der Waals surface area contributed by atoms with E-state index in [9.17, 15) is 14.4 Å². The molecule has 0 bridgehead atoms. The first kappa shape index (κ1) is 25.8. The fourth-order valence-corrected chi connectivity index (χ4v) is 5.19. The van der Waals surface area contributed by atoms with E-state index >= 15 is 0 Å². The molecule has 0 aliphatic carbocycles. The number of furan rings is 1. The van der Waals surface area contributed by atoms with Gasteiger partial charge in [-0.3, -0.25) is 19.3 Å². The van der Waals surface area contributed by atoms with Gasteiger partial charge in [0.2, 0.25) is 0 Å². The average Bonchev–Trinajstić information content (AvgIpc) is 3.49. The lowest BCUT2D eigenvalue weighted by Crippen LogP contribution is -2.31. The van der Waals surface area contributed by atoms with Crippen molar-refractivity contribution in [1.29, 1.82) is 0 Å². The number of anilines is 2. The molecule has 3 amide bonds. The van der Waals surface area contributed by atoms with Crippen LogP contribution in [0.4, 0.5) is 11.4 Å². The van der Waals surface area contributed by atoms with Crippen LogP contribution in [0.3, 0.4) is 0 Å². The molecular weight excluding hydrogens is 590 g/mol. The van der Waals surface area contributed by atoms with Gasteiger partial charge in [-0.25, -0.2) is 0 Å². The van der Waals surface area contributed by atoms with Crippen molar-refractivity contribution in [2.75, 3.05) is 10.6 Å². The second-order valence-electron chi connectivity index (χ2n) is 8.21. The van der Waals surface area contributed by atoms with Crippen molar-refractivity contribution in [1.82, 2.24) is 4.90 Å². The number of carbonyl (C=O) groups is 3. The first-order valence-corrected chi connectivity index (χ1v) is 13.4. The van der Waals surface area contributed by atoms with Crippen LogP contribution in [-0.4, -0.2) is 22.6 Å². The molecule has 38 heavy (non-hydrogen) atoms. The van der Waals surface area contributed by atoms with Crippen LogP contribution < -0.4 is 10.6 Å². The van der Waals surface area contributed by atoms with Crippen LogP contribution in [0.15, 0.2) is 116 Å². The summed E-state index contributed by atoms with van der Waals surface area (Å²) in [5, 5.41) is 6.42. The molecule has 5 rings (SSSR count). The van der Waals surface area contributed by atoms with E-state index in [-0.39, 0.29) is 23.1 Å². The van der Waals surface area contributed by atoms with E-state index in [4.69, 9.17) is 16.0 Å². The zero-order valence-electron chi connectivity index (χ0n) is 19.6. The van der Waals surface area contributed by atoms with Crippen LogP contribution in [0, 0.1) is 0 Å². The number of amides is 3. The van der Waals surface area contributed by atoms with Crippen molar-refractivity contribution < 1.29 is 18.8 Å². The fraction of sp³-hybridized carbons (Fsp3) is 0.0357. The van der Waals surface area contributed by atoms with E-state index in [1.54, 1.807) is 72.8 Å². The number of carbonyl (C=O) groups excluding carboxylic acids is 3. The summed E-state index contributed by atoms with van der Waals surface area (Å²) in [4.78, 5) is 41.5. The number of imide groups is 1. The van der Waals surface area contributed by atoms with Gasteiger partial charge in [0, 0.05) is 31.3 Å². The Hall–Kier alpha value is -3.79. The van der Waals surface area contributed by atoms with Gasteiger partial charge in [-0.15, -0.1) is 0 Å². The van der Waals surface area contributed by atoms with Gasteiger partial charge < -0.3 is 15.1 Å². The first-order chi connectivity index (χ1) is 18.4. The molecule has 0 fully saturated rings. The van der Waals surface area contributed by atoms with Crippen LogP contribution in [0.5, 0.6) is 0 Å². The van der Waals surface area contributed by atoms with Crippen molar-refractivity contribution in [3.63, 3.8) is 0 Å². The smallest absolute Gasteiger partial charge is 0.278 e. The van der Waals surface area contributed by atoms with E-state index in [2.05, 4.69) is 26.6 Å². The average molecular weight is 609 g/mol. The Labute approximate surface area is 236 Å². The van der Waals surface area contributed by atoms with Gasteiger partial charge in [-0.1, -0.05) is 51.4 Å². The van der Waals surface area contributed by atoms with Crippen LogP contribution in [-0.2, 0) is 16.1 Å². The minimum atomic E-state index is -0.456. The van der Waals surface area contributed by atoms with E-state index < -0.39 is 11.8 Å². The van der Waals surface area contributed by atoms with Gasteiger partial charge in [0.05, 0.1) is 12.8 Å². The Balaban J connectivity index is 1.41. The van der Waals surface area contributed by atoms with Crippen molar-refractivity contribution in [2.24, 2.45) is 0 Å². The number of benzene rings is 3. The molecule has 10 heteroatoms. The van der Waals surface area contributed by atoms with Gasteiger partial charge in [-0.05, 0) is 72.8 Å². The lowest BCUT2D eigenvalue weighted by molar-refractivity contribution is -0.138. The van der Waals surface area contributed by atoms with Crippen LogP contribution >= 0.6 is 39.3 Å². The van der Waals surface area contributed by atoms with Crippen molar-refractivity contribution in [3.05, 3.63) is 123 Å². The third kappa shape index (κ3) is 5.85. The molecule has 0 saturated heterocycles. The molecule has 2 N–H and O–H groups in total. The van der Waals surface area contributed by atoms with Crippen molar-refractivity contribution in [2.45, 2.75) is 11.4 Å². The largest absolute Gasteiger partial charge is 0.467 e.